The zero-order chi connectivity index (χ0) is 43.7. The number of phosphoric acid groups is 1. The molecule has 0 aliphatic heterocycles. The molecule has 0 aliphatic carbocycles. The monoisotopic (exact) mass is 849 g/mol. The van der Waals surface area contributed by atoms with Crippen LogP contribution in [0.25, 0.3) is 0 Å². The lowest BCUT2D eigenvalue weighted by molar-refractivity contribution is -0.870. The van der Waals surface area contributed by atoms with Crippen LogP contribution in [0, 0.1) is 0 Å². The fourth-order valence-corrected chi connectivity index (χ4v) is 6.20. The van der Waals surface area contributed by atoms with E-state index in [4.69, 9.17) is 18.5 Å². The molecule has 0 aromatic rings. The van der Waals surface area contributed by atoms with E-state index in [0.29, 0.717) is 36.7 Å². The van der Waals surface area contributed by atoms with Crippen molar-refractivity contribution in [3.8, 4) is 0 Å². The number of carbonyl (C=O) groups is 2. The summed E-state index contributed by atoms with van der Waals surface area (Å²) in [6, 6.07) is 0. The van der Waals surface area contributed by atoms with Gasteiger partial charge in [-0.1, -0.05) is 144 Å². The number of nitrogens with zero attached hydrogens (tertiary/aromatic N) is 1. The minimum Gasteiger partial charge on any atom is -0.462 e. The number of phosphoric ester groups is 1. The molecule has 0 fully saturated rings. The molecule has 0 rings (SSSR count). The van der Waals surface area contributed by atoms with Crippen LogP contribution in [0.4, 0.5) is 0 Å². The van der Waals surface area contributed by atoms with Gasteiger partial charge in [0.2, 0.25) is 0 Å². The number of aliphatic hydroxyl groups is 1. The van der Waals surface area contributed by atoms with E-state index in [1.54, 1.807) is 6.08 Å². The largest absolute Gasteiger partial charge is 0.472 e. The van der Waals surface area contributed by atoms with Crippen LogP contribution in [0.5, 0.6) is 0 Å². The van der Waals surface area contributed by atoms with Crippen molar-refractivity contribution in [1.29, 1.82) is 0 Å². The molecule has 338 valence electrons. The van der Waals surface area contributed by atoms with Crippen LogP contribution in [0.1, 0.15) is 149 Å². The summed E-state index contributed by atoms with van der Waals surface area (Å²) in [7, 11) is 1.39. The van der Waals surface area contributed by atoms with Crippen molar-refractivity contribution in [3.05, 3.63) is 85.1 Å². The smallest absolute Gasteiger partial charge is 0.462 e. The van der Waals surface area contributed by atoms with Crippen molar-refractivity contribution < 1.29 is 47.2 Å². The van der Waals surface area contributed by atoms with Crippen molar-refractivity contribution in [1.82, 2.24) is 0 Å². The van der Waals surface area contributed by atoms with Gasteiger partial charge in [0.15, 0.2) is 6.10 Å². The zero-order valence-corrected chi connectivity index (χ0v) is 38.5. The number of aliphatic hydroxyl groups excluding tert-OH is 1. The second-order valence-electron chi connectivity index (χ2n) is 15.9. The lowest BCUT2D eigenvalue weighted by atomic mass is 10.1. The molecule has 59 heavy (non-hydrogen) atoms. The Balaban J connectivity index is 4.53. The number of ether oxygens (including phenoxy) is 2. The first-order valence-corrected chi connectivity index (χ1v) is 23.9. The summed E-state index contributed by atoms with van der Waals surface area (Å²) in [5.74, 6) is -0.923. The summed E-state index contributed by atoms with van der Waals surface area (Å²) in [6.45, 7) is 4.09. The van der Waals surface area contributed by atoms with E-state index in [1.165, 1.54) is 44.9 Å². The van der Waals surface area contributed by atoms with Gasteiger partial charge in [-0.15, -0.1) is 0 Å². The van der Waals surface area contributed by atoms with E-state index in [2.05, 4.69) is 56.4 Å². The van der Waals surface area contributed by atoms with Crippen LogP contribution in [-0.4, -0.2) is 86.1 Å². The topological polar surface area (TPSA) is 129 Å². The number of esters is 2. The normalized spacial score (nSPS) is 14.9. The SMILES string of the molecule is CC/C=C\C/C=C\CC(O)/C=C/C=C\C/C=C\CCCC(=O)OC[C@H](COP(=O)(O)OCC[N+](C)(C)C)OC(=O)CCCCCCCCC/C=C\C/C=C\CCCCC. The van der Waals surface area contributed by atoms with Gasteiger partial charge in [0, 0.05) is 12.8 Å². The number of hydrogen-bond acceptors (Lipinski definition) is 8. The second-order valence-corrected chi connectivity index (χ2v) is 17.3. The third-order valence-corrected chi connectivity index (χ3v) is 9.97. The van der Waals surface area contributed by atoms with Crippen molar-refractivity contribution in [2.45, 2.75) is 161 Å². The summed E-state index contributed by atoms with van der Waals surface area (Å²) in [5.41, 5.74) is 0. The minimum absolute atomic E-state index is 0.00657. The Hall–Kier alpha value is -2.85. The molecule has 0 radical (unpaired) electrons. The van der Waals surface area contributed by atoms with Crippen LogP contribution in [0.3, 0.4) is 0 Å². The van der Waals surface area contributed by atoms with Gasteiger partial charge >= 0.3 is 19.8 Å². The first kappa shape index (κ1) is 56.1. The van der Waals surface area contributed by atoms with Crippen molar-refractivity contribution in [3.63, 3.8) is 0 Å². The molecule has 3 atom stereocenters. The molecule has 0 aliphatic rings. The fourth-order valence-electron chi connectivity index (χ4n) is 5.46. The van der Waals surface area contributed by atoms with Gasteiger partial charge in [-0.25, -0.2) is 4.57 Å². The van der Waals surface area contributed by atoms with E-state index in [-0.39, 0.29) is 26.1 Å². The third-order valence-electron chi connectivity index (χ3n) is 8.99. The number of rotatable bonds is 39. The molecule has 0 saturated heterocycles. The Morgan fingerprint density at radius 2 is 1.19 bits per heavy atom. The highest BCUT2D eigenvalue weighted by Gasteiger charge is 2.27. The molecule has 11 heteroatoms. The average Bonchev–Trinajstić information content (AvgIpc) is 3.18. The summed E-state index contributed by atoms with van der Waals surface area (Å²) >= 11 is 0. The second kappa shape index (κ2) is 39.3. The fraction of sp³-hybridized carbons (Fsp3) is 0.667. The Morgan fingerprint density at radius 3 is 1.83 bits per heavy atom. The highest BCUT2D eigenvalue weighted by molar-refractivity contribution is 7.47. The lowest BCUT2D eigenvalue weighted by Gasteiger charge is -2.24. The summed E-state index contributed by atoms with van der Waals surface area (Å²) in [5, 5.41) is 10.0. The number of unbranched alkanes of at least 4 members (excludes halogenated alkanes) is 11. The average molecular weight is 849 g/mol. The predicted molar refractivity (Wildman–Crippen MR) is 244 cm³/mol. The molecule has 0 aromatic carbocycles. The van der Waals surface area contributed by atoms with Crippen molar-refractivity contribution >= 4 is 19.8 Å². The van der Waals surface area contributed by atoms with Gasteiger partial charge < -0.3 is 24.0 Å². The highest BCUT2D eigenvalue weighted by Crippen LogP contribution is 2.43. The van der Waals surface area contributed by atoms with Gasteiger partial charge in [0.25, 0.3) is 0 Å². The molecule has 0 amide bonds. The number of hydrogen-bond donors (Lipinski definition) is 2. The van der Waals surface area contributed by atoms with Crippen LogP contribution in [0.2, 0.25) is 0 Å². The first-order valence-electron chi connectivity index (χ1n) is 22.4. The summed E-state index contributed by atoms with van der Waals surface area (Å²) < 4.78 is 34.2. The van der Waals surface area contributed by atoms with Gasteiger partial charge in [0.05, 0.1) is 33.9 Å². The summed E-state index contributed by atoms with van der Waals surface area (Å²) in [6.07, 6.45) is 46.6. The molecule has 10 nitrogen and oxygen atoms in total. The molecule has 0 aromatic heterocycles. The molecular formula is C48H83NO9P+. The van der Waals surface area contributed by atoms with Gasteiger partial charge in [-0.2, -0.15) is 0 Å². The Bertz CT molecular complexity index is 1300. The number of quaternary nitrogens is 1. The third kappa shape index (κ3) is 43.1. The molecule has 2 N–H and O–H groups in total. The highest BCUT2D eigenvalue weighted by atomic mass is 31.2. The maximum absolute atomic E-state index is 12.7. The quantitative estimate of drug-likeness (QED) is 0.0155. The van der Waals surface area contributed by atoms with E-state index in [1.807, 2.05) is 57.6 Å². The first-order chi connectivity index (χ1) is 28.4. The number of carbonyl (C=O) groups excluding carboxylic acids is 2. The van der Waals surface area contributed by atoms with Crippen LogP contribution < -0.4 is 0 Å². The Kier molecular flexibility index (Phi) is 37.4. The van der Waals surface area contributed by atoms with Gasteiger partial charge in [-0.05, 0) is 77.0 Å². The zero-order valence-electron chi connectivity index (χ0n) is 37.6. The van der Waals surface area contributed by atoms with Crippen LogP contribution >= 0.6 is 7.82 Å². The van der Waals surface area contributed by atoms with Crippen molar-refractivity contribution in [2.24, 2.45) is 0 Å². The van der Waals surface area contributed by atoms with E-state index >= 15 is 0 Å². The molecule has 0 heterocycles. The minimum atomic E-state index is -4.41. The van der Waals surface area contributed by atoms with E-state index in [0.717, 1.165) is 51.4 Å². The summed E-state index contributed by atoms with van der Waals surface area (Å²) in [4.78, 5) is 35.4. The number of allylic oxidation sites excluding steroid dienone is 12. The molecule has 0 saturated carbocycles. The maximum atomic E-state index is 12.7. The number of likely N-dealkylation sites (N-methyl/N-ethyl adjacent to an activating group) is 1. The molecular weight excluding hydrogens is 765 g/mol. The molecule has 2 unspecified atom stereocenters. The van der Waals surface area contributed by atoms with Gasteiger partial charge in [0.1, 0.15) is 19.8 Å². The van der Waals surface area contributed by atoms with E-state index < -0.39 is 38.6 Å². The van der Waals surface area contributed by atoms with Crippen LogP contribution in [0.15, 0.2) is 85.1 Å². The van der Waals surface area contributed by atoms with Gasteiger partial charge in [-0.3, -0.25) is 18.6 Å². The Labute approximate surface area is 359 Å². The maximum Gasteiger partial charge on any atom is 0.472 e. The molecule has 0 bridgehead atoms. The van der Waals surface area contributed by atoms with E-state index in [9.17, 15) is 24.2 Å². The Morgan fingerprint density at radius 1 is 0.627 bits per heavy atom. The molecule has 0 spiro atoms. The predicted octanol–water partition coefficient (Wildman–Crippen LogP) is 11.8. The van der Waals surface area contributed by atoms with Crippen LogP contribution in [-0.2, 0) is 32.7 Å². The standard InChI is InChI=1S/C48H82NO9P/c1-6-8-10-12-14-15-16-17-18-19-20-21-22-23-28-32-36-40-48(52)58-46(44-57-59(53,54)56-42-41-49(3,4)5)43-55-47(51)39-35-31-27-25-24-26-30-34-38-45(50)37-33-29-13-11-9-7-2/h9,11,14-15,17-18,25-27,29-30,33-34,38,45-46,50H,6-8,10,12-13,16,19-24,28,31-32,35-37,39-44H2,1-5H3/p+1/b11-9-,15-14-,18-17-,27-25-,30-26-,33-29-,38-34+/t45?,46-/m1/s1. The van der Waals surface area contributed by atoms with Crippen molar-refractivity contribution in [2.75, 3.05) is 47.5 Å². The lowest BCUT2D eigenvalue weighted by Crippen LogP contribution is -2.37.